The highest BCUT2D eigenvalue weighted by atomic mass is 32.1. The van der Waals surface area contributed by atoms with Crippen molar-refractivity contribution in [3.63, 3.8) is 0 Å². The number of nitrogens with zero attached hydrogens (tertiary/aromatic N) is 1. The van der Waals surface area contributed by atoms with E-state index in [1.165, 1.54) is 15.8 Å². The molecule has 2 aromatic rings. The summed E-state index contributed by atoms with van der Waals surface area (Å²) in [4.78, 5) is 6.83. The van der Waals surface area contributed by atoms with E-state index in [0.29, 0.717) is 0 Å². The second-order valence-electron chi connectivity index (χ2n) is 3.28. The summed E-state index contributed by atoms with van der Waals surface area (Å²) in [6.07, 6.45) is 11.7. The van der Waals surface area contributed by atoms with Gasteiger partial charge in [0, 0.05) is 22.0 Å². The maximum absolute atomic E-state index is 4.37. The predicted molar refractivity (Wildman–Crippen MR) is 62.3 cm³/mol. The first-order valence-corrected chi connectivity index (χ1v) is 5.47. The van der Waals surface area contributed by atoms with Crippen LogP contribution in [0.15, 0.2) is 30.5 Å². The Hall–Kier alpha value is -1.41. The van der Waals surface area contributed by atoms with Crippen LogP contribution in [-0.2, 0) is 0 Å². The standard InChI is InChI=1S/C12H9NS/c1-2-5-9-10-6-4-8-13-12(10)14-11(9)7-3-1/h2-8H,1H2. The summed E-state index contributed by atoms with van der Waals surface area (Å²) in [5.74, 6) is 0. The van der Waals surface area contributed by atoms with Gasteiger partial charge in [0.1, 0.15) is 4.83 Å². The van der Waals surface area contributed by atoms with Crippen LogP contribution < -0.4 is 0 Å². The van der Waals surface area contributed by atoms with E-state index in [1.807, 2.05) is 12.3 Å². The fourth-order valence-corrected chi connectivity index (χ4v) is 2.77. The third-order valence-corrected chi connectivity index (χ3v) is 3.45. The minimum absolute atomic E-state index is 1.03. The Labute approximate surface area is 86.4 Å². The fraction of sp³-hybridized carbons (Fsp3) is 0.0833. The van der Waals surface area contributed by atoms with Gasteiger partial charge in [-0.1, -0.05) is 18.2 Å². The first-order valence-electron chi connectivity index (χ1n) is 4.66. The Morgan fingerprint density at radius 1 is 1.21 bits per heavy atom. The van der Waals surface area contributed by atoms with Crippen LogP contribution in [0.25, 0.3) is 22.4 Å². The quantitative estimate of drug-likeness (QED) is 0.630. The van der Waals surface area contributed by atoms with Gasteiger partial charge < -0.3 is 0 Å². The van der Waals surface area contributed by atoms with Gasteiger partial charge in [0.15, 0.2) is 0 Å². The Morgan fingerprint density at radius 2 is 2.14 bits per heavy atom. The maximum Gasteiger partial charge on any atom is 0.124 e. The van der Waals surface area contributed by atoms with Crippen molar-refractivity contribution in [2.75, 3.05) is 0 Å². The lowest BCUT2D eigenvalue weighted by Crippen LogP contribution is -1.72. The molecule has 0 radical (unpaired) electrons. The van der Waals surface area contributed by atoms with E-state index in [1.54, 1.807) is 11.3 Å². The van der Waals surface area contributed by atoms with E-state index in [-0.39, 0.29) is 0 Å². The number of hydrogen-bond donors (Lipinski definition) is 0. The summed E-state index contributed by atoms with van der Waals surface area (Å²) in [6, 6.07) is 4.14. The highest BCUT2D eigenvalue weighted by Gasteiger charge is 2.08. The number of hydrogen-bond acceptors (Lipinski definition) is 2. The predicted octanol–water partition coefficient (Wildman–Crippen LogP) is 3.73. The molecule has 0 spiro atoms. The molecule has 0 aromatic carbocycles. The molecule has 0 amide bonds. The molecule has 0 N–H and O–H groups in total. The van der Waals surface area contributed by atoms with E-state index in [0.717, 1.165) is 11.3 Å². The number of allylic oxidation sites excluding steroid dienone is 2. The molecule has 3 rings (SSSR count). The Kier molecular flexibility index (Phi) is 1.74. The summed E-state index contributed by atoms with van der Waals surface area (Å²) in [5, 5.41) is 1.27. The minimum atomic E-state index is 1.03. The smallest absolute Gasteiger partial charge is 0.124 e. The molecule has 0 unspecified atom stereocenters. The van der Waals surface area contributed by atoms with Crippen molar-refractivity contribution in [2.45, 2.75) is 6.42 Å². The molecule has 2 heteroatoms. The third kappa shape index (κ3) is 1.11. The summed E-state index contributed by atoms with van der Waals surface area (Å²) < 4.78 is 0. The highest BCUT2D eigenvalue weighted by Crippen LogP contribution is 2.33. The van der Waals surface area contributed by atoms with Gasteiger partial charge in [0.2, 0.25) is 0 Å². The van der Waals surface area contributed by atoms with Gasteiger partial charge in [-0.2, -0.15) is 0 Å². The monoisotopic (exact) mass is 199 g/mol. The molecule has 1 nitrogen and oxygen atoms in total. The number of thiophene rings is 1. The summed E-state index contributed by atoms with van der Waals surface area (Å²) in [7, 11) is 0. The summed E-state index contributed by atoms with van der Waals surface area (Å²) >= 11 is 1.76. The first-order chi connectivity index (χ1) is 6.95. The van der Waals surface area contributed by atoms with Crippen LogP contribution in [0.1, 0.15) is 16.9 Å². The normalized spacial score (nSPS) is 14.3. The van der Waals surface area contributed by atoms with Gasteiger partial charge in [-0.25, -0.2) is 4.98 Å². The molecule has 0 saturated heterocycles. The topological polar surface area (TPSA) is 12.9 Å². The van der Waals surface area contributed by atoms with Crippen LogP contribution in [0.3, 0.4) is 0 Å². The van der Waals surface area contributed by atoms with Gasteiger partial charge in [-0.3, -0.25) is 0 Å². The van der Waals surface area contributed by atoms with Gasteiger partial charge in [0.05, 0.1) is 0 Å². The van der Waals surface area contributed by atoms with Crippen molar-refractivity contribution in [3.8, 4) is 0 Å². The zero-order valence-electron chi connectivity index (χ0n) is 7.60. The molecule has 0 atom stereocenters. The van der Waals surface area contributed by atoms with Crippen molar-refractivity contribution in [3.05, 3.63) is 40.9 Å². The van der Waals surface area contributed by atoms with Crippen LogP contribution in [-0.4, -0.2) is 4.98 Å². The Bertz CT molecular complexity index is 534. The van der Waals surface area contributed by atoms with Crippen LogP contribution in [0.4, 0.5) is 0 Å². The molecule has 0 saturated carbocycles. The van der Waals surface area contributed by atoms with Crippen LogP contribution >= 0.6 is 11.3 Å². The molecular formula is C12H9NS. The molecule has 0 aliphatic heterocycles. The van der Waals surface area contributed by atoms with Crippen LogP contribution in [0.5, 0.6) is 0 Å². The largest absolute Gasteiger partial charge is 0.245 e. The van der Waals surface area contributed by atoms with E-state index < -0.39 is 0 Å². The van der Waals surface area contributed by atoms with Crippen LogP contribution in [0.2, 0.25) is 0 Å². The molecule has 1 aliphatic rings. The molecule has 2 aromatic heterocycles. The average Bonchev–Trinajstić information content (AvgIpc) is 2.42. The fourth-order valence-electron chi connectivity index (χ4n) is 1.70. The van der Waals surface area contributed by atoms with Gasteiger partial charge >= 0.3 is 0 Å². The molecule has 68 valence electrons. The molecular weight excluding hydrogens is 190 g/mol. The van der Waals surface area contributed by atoms with Crippen molar-refractivity contribution in [1.82, 2.24) is 4.98 Å². The lowest BCUT2D eigenvalue weighted by Gasteiger charge is -1.90. The van der Waals surface area contributed by atoms with Crippen molar-refractivity contribution < 1.29 is 0 Å². The first kappa shape index (κ1) is 7.94. The molecule has 1 aliphatic carbocycles. The average molecular weight is 199 g/mol. The molecule has 0 fully saturated rings. The number of fused-ring (bicyclic) bond motifs is 3. The zero-order chi connectivity index (χ0) is 9.38. The SMILES string of the molecule is C1=Cc2sc3ncccc3c2C=CC1. The minimum Gasteiger partial charge on any atom is -0.245 e. The van der Waals surface area contributed by atoms with Crippen molar-refractivity contribution in [1.29, 1.82) is 0 Å². The number of aromatic nitrogens is 1. The number of rotatable bonds is 0. The van der Waals surface area contributed by atoms with Gasteiger partial charge in [0.25, 0.3) is 0 Å². The second-order valence-corrected chi connectivity index (χ2v) is 4.31. The second kappa shape index (κ2) is 3.07. The summed E-state index contributed by atoms with van der Waals surface area (Å²) in [5.41, 5.74) is 1.33. The van der Waals surface area contributed by atoms with Crippen LogP contribution in [0, 0.1) is 0 Å². The van der Waals surface area contributed by atoms with E-state index >= 15 is 0 Å². The van der Waals surface area contributed by atoms with Crippen molar-refractivity contribution in [2.24, 2.45) is 0 Å². The van der Waals surface area contributed by atoms with E-state index in [4.69, 9.17) is 0 Å². The molecule has 14 heavy (non-hydrogen) atoms. The summed E-state index contributed by atoms with van der Waals surface area (Å²) in [6.45, 7) is 0. The Morgan fingerprint density at radius 3 is 3.14 bits per heavy atom. The van der Waals surface area contributed by atoms with E-state index in [9.17, 15) is 0 Å². The zero-order valence-corrected chi connectivity index (χ0v) is 8.42. The highest BCUT2D eigenvalue weighted by molar-refractivity contribution is 7.19. The Balaban J connectivity index is 2.41. The van der Waals surface area contributed by atoms with E-state index in [2.05, 4.69) is 35.4 Å². The molecule has 2 heterocycles. The van der Waals surface area contributed by atoms with Gasteiger partial charge in [-0.15, -0.1) is 11.3 Å². The van der Waals surface area contributed by atoms with Crippen molar-refractivity contribution >= 4 is 33.7 Å². The molecule has 0 bridgehead atoms. The third-order valence-electron chi connectivity index (χ3n) is 2.36. The lowest BCUT2D eigenvalue weighted by molar-refractivity contribution is 1.43. The maximum atomic E-state index is 4.37. The number of pyridine rings is 1. The lowest BCUT2D eigenvalue weighted by atomic mass is 10.1. The van der Waals surface area contributed by atoms with Gasteiger partial charge in [-0.05, 0) is 24.6 Å².